The Hall–Kier alpha value is -2.11. The van der Waals surface area contributed by atoms with Crippen molar-refractivity contribution in [3.8, 4) is 0 Å². The zero-order chi connectivity index (χ0) is 13.8. The molecule has 18 heavy (non-hydrogen) atoms. The van der Waals surface area contributed by atoms with E-state index in [0.717, 1.165) is 0 Å². The van der Waals surface area contributed by atoms with Crippen molar-refractivity contribution in [1.29, 1.82) is 0 Å². The SMILES string of the molecule is CC(C)(C)OC(=O)NC(C(N)=O)c1ccccn1. The molecule has 1 heterocycles. The van der Waals surface area contributed by atoms with Crippen LogP contribution in [0.5, 0.6) is 0 Å². The Kier molecular flexibility index (Phi) is 4.25. The van der Waals surface area contributed by atoms with Crippen molar-refractivity contribution in [2.24, 2.45) is 5.73 Å². The van der Waals surface area contributed by atoms with Crippen LogP contribution in [0.2, 0.25) is 0 Å². The Morgan fingerprint density at radius 1 is 1.39 bits per heavy atom. The first-order chi connectivity index (χ1) is 8.29. The fraction of sp³-hybridized carbons (Fsp3) is 0.417. The minimum Gasteiger partial charge on any atom is -0.444 e. The minimum atomic E-state index is -0.999. The highest BCUT2D eigenvalue weighted by Gasteiger charge is 2.24. The number of ether oxygens (including phenoxy) is 1. The van der Waals surface area contributed by atoms with Gasteiger partial charge in [0.1, 0.15) is 5.60 Å². The molecule has 3 N–H and O–H groups in total. The monoisotopic (exact) mass is 251 g/mol. The summed E-state index contributed by atoms with van der Waals surface area (Å²) >= 11 is 0. The summed E-state index contributed by atoms with van der Waals surface area (Å²) in [5.74, 6) is -0.695. The smallest absolute Gasteiger partial charge is 0.408 e. The first kappa shape index (κ1) is 14.0. The Morgan fingerprint density at radius 2 is 2.06 bits per heavy atom. The summed E-state index contributed by atoms with van der Waals surface area (Å²) in [4.78, 5) is 26.9. The fourth-order valence-corrected chi connectivity index (χ4v) is 1.26. The zero-order valence-electron chi connectivity index (χ0n) is 10.6. The number of rotatable bonds is 3. The van der Waals surface area contributed by atoms with E-state index in [2.05, 4.69) is 10.3 Å². The predicted molar refractivity (Wildman–Crippen MR) is 65.5 cm³/mol. The number of hydrogen-bond donors (Lipinski definition) is 2. The predicted octanol–water partition coefficient (Wildman–Crippen LogP) is 1.13. The normalized spacial score (nSPS) is 12.6. The maximum atomic E-state index is 11.6. The highest BCUT2D eigenvalue weighted by Crippen LogP contribution is 2.11. The number of carbonyl (C=O) groups excluding carboxylic acids is 2. The molecule has 1 unspecified atom stereocenters. The van der Waals surface area contributed by atoms with Gasteiger partial charge in [0.05, 0.1) is 5.69 Å². The van der Waals surface area contributed by atoms with Crippen LogP contribution in [0, 0.1) is 0 Å². The van der Waals surface area contributed by atoms with Crippen molar-refractivity contribution < 1.29 is 14.3 Å². The first-order valence-electron chi connectivity index (χ1n) is 5.49. The lowest BCUT2D eigenvalue weighted by molar-refractivity contribution is -0.120. The van der Waals surface area contributed by atoms with Crippen LogP contribution in [0.3, 0.4) is 0 Å². The van der Waals surface area contributed by atoms with Crippen molar-refractivity contribution >= 4 is 12.0 Å². The maximum Gasteiger partial charge on any atom is 0.408 e. The van der Waals surface area contributed by atoms with Crippen LogP contribution in [0.4, 0.5) is 4.79 Å². The van der Waals surface area contributed by atoms with Crippen molar-refractivity contribution in [1.82, 2.24) is 10.3 Å². The molecule has 1 rings (SSSR count). The van der Waals surface area contributed by atoms with Crippen LogP contribution in [0.1, 0.15) is 32.5 Å². The third-order valence-electron chi connectivity index (χ3n) is 1.93. The third-order valence-corrected chi connectivity index (χ3v) is 1.93. The Morgan fingerprint density at radius 3 is 2.50 bits per heavy atom. The second kappa shape index (κ2) is 5.48. The molecule has 0 aliphatic rings. The van der Waals surface area contributed by atoms with Crippen molar-refractivity contribution in [3.63, 3.8) is 0 Å². The highest BCUT2D eigenvalue weighted by atomic mass is 16.6. The lowest BCUT2D eigenvalue weighted by Gasteiger charge is -2.22. The Labute approximate surface area is 106 Å². The largest absolute Gasteiger partial charge is 0.444 e. The third kappa shape index (κ3) is 4.40. The molecule has 0 spiro atoms. The van der Waals surface area contributed by atoms with Gasteiger partial charge in [0.25, 0.3) is 0 Å². The Balaban J connectivity index is 2.77. The Bertz CT molecular complexity index is 426. The van der Waals surface area contributed by atoms with Gasteiger partial charge in [-0.2, -0.15) is 0 Å². The number of nitrogens with two attached hydrogens (primary N) is 1. The van der Waals surface area contributed by atoms with Crippen molar-refractivity contribution in [3.05, 3.63) is 30.1 Å². The first-order valence-corrected chi connectivity index (χ1v) is 5.49. The highest BCUT2D eigenvalue weighted by molar-refractivity contribution is 5.85. The average Bonchev–Trinajstić information content (AvgIpc) is 2.24. The quantitative estimate of drug-likeness (QED) is 0.842. The second-order valence-corrected chi connectivity index (χ2v) is 4.74. The summed E-state index contributed by atoms with van der Waals surface area (Å²) in [6, 6.07) is 4.01. The summed E-state index contributed by atoms with van der Waals surface area (Å²) in [5, 5.41) is 2.39. The number of nitrogens with one attached hydrogen (secondary N) is 1. The number of carbonyl (C=O) groups is 2. The number of primary amides is 1. The lowest BCUT2D eigenvalue weighted by atomic mass is 10.2. The van der Waals surface area contributed by atoms with E-state index in [-0.39, 0.29) is 0 Å². The molecule has 0 bridgehead atoms. The van der Waals surface area contributed by atoms with Crippen LogP contribution >= 0.6 is 0 Å². The van der Waals surface area contributed by atoms with Crippen LogP contribution in [0.25, 0.3) is 0 Å². The van der Waals surface area contributed by atoms with Gasteiger partial charge in [-0.25, -0.2) is 4.79 Å². The van der Waals surface area contributed by atoms with Gasteiger partial charge in [0, 0.05) is 6.20 Å². The van der Waals surface area contributed by atoms with E-state index in [9.17, 15) is 9.59 Å². The molecule has 0 saturated carbocycles. The molecule has 0 aliphatic heterocycles. The number of aromatic nitrogens is 1. The number of pyridine rings is 1. The van der Waals surface area contributed by atoms with E-state index >= 15 is 0 Å². The lowest BCUT2D eigenvalue weighted by Crippen LogP contribution is -2.40. The minimum absolute atomic E-state index is 0.371. The molecule has 0 radical (unpaired) electrons. The number of nitrogens with zero attached hydrogens (tertiary/aromatic N) is 1. The molecule has 1 atom stereocenters. The van der Waals surface area contributed by atoms with Crippen LogP contribution in [-0.4, -0.2) is 22.6 Å². The second-order valence-electron chi connectivity index (χ2n) is 4.74. The van der Waals surface area contributed by atoms with E-state index in [4.69, 9.17) is 10.5 Å². The van der Waals surface area contributed by atoms with Crippen LogP contribution in [-0.2, 0) is 9.53 Å². The zero-order valence-corrected chi connectivity index (χ0v) is 10.6. The van der Waals surface area contributed by atoms with Gasteiger partial charge in [-0.05, 0) is 32.9 Å². The molecule has 6 nitrogen and oxygen atoms in total. The van der Waals surface area contributed by atoms with E-state index in [0.29, 0.717) is 5.69 Å². The molecule has 0 fully saturated rings. The molecule has 1 aromatic heterocycles. The topological polar surface area (TPSA) is 94.3 Å². The summed E-state index contributed by atoms with van der Waals surface area (Å²) in [6.07, 6.45) is 0.805. The van der Waals surface area contributed by atoms with E-state index in [1.807, 2.05) is 0 Å². The summed E-state index contributed by atoms with van der Waals surface area (Å²) < 4.78 is 5.05. The molecule has 0 aromatic carbocycles. The average molecular weight is 251 g/mol. The van der Waals surface area contributed by atoms with Crippen LogP contribution in [0.15, 0.2) is 24.4 Å². The van der Waals surface area contributed by atoms with Gasteiger partial charge in [-0.1, -0.05) is 6.07 Å². The van der Waals surface area contributed by atoms with E-state index in [1.165, 1.54) is 6.20 Å². The van der Waals surface area contributed by atoms with Gasteiger partial charge < -0.3 is 15.8 Å². The fourth-order valence-electron chi connectivity index (χ4n) is 1.26. The van der Waals surface area contributed by atoms with Crippen LogP contribution < -0.4 is 11.1 Å². The molecule has 1 aromatic rings. The molecular weight excluding hydrogens is 234 g/mol. The molecule has 98 valence electrons. The molecular formula is C12H17N3O3. The van der Waals surface area contributed by atoms with Gasteiger partial charge in [0.2, 0.25) is 5.91 Å². The van der Waals surface area contributed by atoms with E-state index in [1.54, 1.807) is 39.0 Å². The summed E-state index contributed by atoms with van der Waals surface area (Å²) in [6.45, 7) is 5.19. The molecule has 0 saturated heterocycles. The number of amides is 2. The molecule has 2 amide bonds. The maximum absolute atomic E-state index is 11.6. The summed E-state index contributed by atoms with van der Waals surface area (Å²) in [7, 11) is 0. The standard InChI is InChI=1S/C12H17N3O3/c1-12(2,3)18-11(17)15-9(10(13)16)8-6-4-5-7-14-8/h4-7,9H,1-3H3,(H2,13,16)(H,15,17). The van der Waals surface area contributed by atoms with Gasteiger partial charge >= 0.3 is 6.09 Å². The van der Waals surface area contributed by atoms with Crippen molar-refractivity contribution in [2.45, 2.75) is 32.4 Å². The molecule has 0 aliphatic carbocycles. The van der Waals surface area contributed by atoms with Gasteiger partial charge in [-0.15, -0.1) is 0 Å². The summed E-state index contributed by atoms with van der Waals surface area (Å²) in [5.41, 5.74) is 4.96. The number of alkyl carbamates (subject to hydrolysis) is 1. The van der Waals surface area contributed by atoms with Gasteiger partial charge in [-0.3, -0.25) is 9.78 Å². The number of hydrogen-bond acceptors (Lipinski definition) is 4. The van der Waals surface area contributed by atoms with Gasteiger partial charge in [0.15, 0.2) is 6.04 Å². The van der Waals surface area contributed by atoms with E-state index < -0.39 is 23.6 Å². The van der Waals surface area contributed by atoms with Crippen molar-refractivity contribution in [2.75, 3.05) is 0 Å². The molecule has 6 heteroatoms.